The minimum Gasteiger partial charge on any atom is -0.364 e. The molecule has 0 radical (unpaired) electrons. The van der Waals surface area contributed by atoms with E-state index < -0.39 is 0 Å². The summed E-state index contributed by atoms with van der Waals surface area (Å²) in [5, 5.41) is 0. The number of hydrogen-bond donors (Lipinski definition) is 1. The van der Waals surface area contributed by atoms with Gasteiger partial charge in [0.2, 0.25) is 0 Å². The van der Waals surface area contributed by atoms with Crippen molar-refractivity contribution in [1.82, 2.24) is 0 Å². The van der Waals surface area contributed by atoms with Crippen LogP contribution in [0.1, 0.15) is 24.0 Å². The van der Waals surface area contributed by atoms with Crippen LogP contribution in [0.3, 0.4) is 0 Å². The molecule has 0 aliphatic heterocycles. The maximum Gasteiger partial charge on any atom is 0.0432 e. The molecule has 2 N–H and O–H groups in total. The van der Waals surface area contributed by atoms with E-state index >= 15 is 0 Å². The molecule has 3 heteroatoms. The molecule has 1 aliphatic rings. The zero-order valence-corrected chi connectivity index (χ0v) is 13.0. The third-order valence-corrected chi connectivity index (χ3v) is 4.25. The van der Waals surface area contributed by atoms with Crippen molar-refractivity contribution >= 4 is 21.6 Å². The number of rotatable bonds is 5. The van der Waals surface area contributed by atoms with E-state index in [2.05, 4.69) is 69.4 Å². The summed E-state index contributed by atoms with van der Waals surface area (Å²) >= 11 is 3.58. The Labute approximate surface area is 128 Å². The van der Waals surface area contributed by atoms with E-state index in [4.69, 9.17) is 5.73 Å². The molecule has 0 spiro atoms. The van der Waals surface area contributed by atoms with Crippen molar-refractivity contribution in [1.29, 1.82) is 0 Å². The van der Waals surface area contributed by atoms with Gasteiger partial charge in [0.1, 0.15) is 0 Å². The average molecular weight is 331 g/mol. The Kier molecular flexibility index (Phi) is 4.08. The molecule has 0 aromatic heterocycles. The Morgan fingerprint density at radius 1 is 1.10 bits per heavy atom. The van der Waals surface area contributed by atoms with E-state index in [0.29, 0.717) is 12.6 Å². The van der Waals surface area contributed by atoms with Crippen molar-refractivity contribution in [2.45, 2.75) is 32.0 Å². The topological polar surface area (TPSA) is 29.3 Å². The van der Waals surface area contributed by atoms with Crippen LogP contribution < -0.4 is 10.6 Å². The second kappa shape index (κ2) is 5.98. The number of anilines is 1. The summed E-state index contributed by atoms with van der Waals surface area (Å²) in [5.41, 5.74) is 9.75. The maximum atomic E-state index is 5.91. The molecule has 2 aromatic carbocycles. The molecule has 3 rings (SSSR count). The zero-order chi connectivity index (χ0) is 13.9. The van der Waals surface area contributed by atoms with Gasteiger partial charge in [-0.25, -0.2) is 0 Å². The van der Waals surface area contributed by atoms with Crippen molar-refractivity contribution in [3.63, 3.8) is 0 Å². The summed E-state index contributed by atoms with van der Waals surface area (Å²) in [4.78, 5) is 2.50. The smallest absolute Gasteiger partial charge is 0.0432 e. The van der Waals surface area contributed by atoms with Gasteiger partial charge >= 0.3 is 0 Å². The van der Waals surface area contributed by atoms with E-state index in [1.54, 1.807) is 0 Å². The Bertz CT molecular complexity index is 579. The van der Waals surface area contributed by atoms with Crippen molar-refractivity contribution < 1.29 is 0 Å². The molecule has 0 amide bonds. The normalized spacial score (nSPS) is 14.3. The summed E-state index contributed by atoms with van der Waals surface area (Å²) in [6.07, 6.45) is 2.56. The fourth-order valence-corrected chi connectivity index (χ4v) is 2.90. The Balaban J connectivity index is 1.93. The van der Waals surface area contributed by atoms with Gasteiger partial charge in [-0.3, -0.25) is 0 Å². The second-order valence-corrected chi connectivity index (χ2v) is 6.24. The maximum absolute atomic E-state index is 5.91. The first kappa shape index (κ1) is 13.7. The van der Waals surface area contributed by atoms with Crippen molar-refractivity contribution in [2.75, 3.05) is 4.90 Å². The summed E-state index contributed by atoms with van der Waals surface area (Å²) < 4.78 is 1.11. The number of hydrogen-bond acceptors (Lipinski definition) is 2. The van der Waals surface area contributed by atoms with Gasteiger partial charge < -0.3 is 10.6 Å². The minimum atomic E-state index is 0.584. The standard InChI is InChI=1S/C17H19BrN2/c18-15-7-6-14(11-19)17(10-15)20(16-8-9-16)12-13-4-2-1-3-5-13/h1-7,10,16H,8-9,11-12,19H2. The third-order valence-electron chi connectivity index (χ3n) is 3.76. The minimum absolute atomic E-state index is 0.584. The molecule has 0 bridgehead atoms. The van der Waals surface area contributed by atoms with Gasteiger partial charge in [0.15, 0.2) is 0 Å². The first-order valence-corrected chi connectivity index (χ1v) is 7.86. The molecule has 0 saturated heterocycles. The first-order chi connectivity index (χ1) is 9.78. The van der Waals surface area contributed by atoms with Crippen LogP contribution in [0.5, 0.6) is 0 Å². The molecule has 0 heterocycles. The Morgan fingerprint density at radius 2 is 1.85 bits per heavy atom. The fourth-order valence-electron chi connectivity index (χ4n) is 2.55. The van der Waals surface area contributed by atoms with Gasteiger partial charge in [0, 0.05) is 29.3 Å². The molecule has 2 nitrogen and oxygen atoms in total. The van der Waals surface area contributed by atoms with Crippen molar-refractivity contribution in [3.05, 3.63) is 64.1 Å². The average Bonchev–Trinajstić information content (AvgIpc) is 3.30. The van der Waals surface area contributed by atoms with Crippen LogP contribution in [0.25, 0.3) is 0 Å². The van der Waals surface area contributed by atoms with Crippen LogP contribution in [0, 0.1) is 0 Å². The number of benzene rings is 2. The van der Waals surface area contributed by atoms with Gasteiger partial charge in [-0.15, -0.1) is 0 Å². The lowest BCUT2D eigenvalue weighted by Crippen LogP contribution is -2.26. The monoisotopic (exact) mass is 330 g/mol. The summed E-state index contributed by atoms with van der Waals surface area (Å²) in [6, 6.07) is 17.7. The molecule has 20 heavy (non-hydrogen) atoms. The van der Waals surface area contributed by atoms with E-state index in [9.17, 15) is 0 Å². The van der Waals surface area contributed by atoms with E-state index in [1.165, 1.54) is 29.7 Å². The lowest BCUT2D eigenvalue weighted by molar-refractivity contribution is 0.785. The van der Waals surface area contributed by atoms with Gasteiger partial charge in [-0.1, -0.05) is 52.3 Å². The lowest BCUT2D eigenvalue weighted by Gasteiger charge is -2.27. The lowest BCUT2D eigenvalue weighted by atomic mass is 10.1. The van der Waals surface area contributed by atoms with E-state index in [-0.39, 0.29) is 0 Å². The summed E-state index contributed by atoms with van der Waals surface area (Å²) in [6.45, 7) is 1.54. The van der Waals surface area contributed by atoms with Crippen LogP contribution in [0.4, 0.5) is 5.69 Å². The fraction of sp³-hybridized carbons (Fsp3) is 0.294. The highest BCUT2D eigenvalue weighted by Crippen LogP contribution is 2.36. The first-order valence-electron chi connectivity index (χ1n) is 7.07. The molecular formula is C17H19BrN2. The molecule has 2 aromatic rings. The number of nitrogens with zero attached hydrogens (tertiary/aromatic N) is 1. The molecule has 0 atom stereocenters. The van der Waals surface area contributed by atoms with E-state index in [1.807, 2.05) is 0 Å². The third kappa shape index (κ3) is 3.05. The SMILES string of the molecule is NCc1ccc(Br)cc1N(Cc1ccccc1)C1CC1. The largest absolute Gasteiger partial charge is 0.364 e. The van der Waals surface area contributed by atoms with Crippen LogP contribution >= 0.6 is 15.9 Å². The Hall–Kier alpha value is -1.32. The summed E-state index contributed by atoms with van der Waals surface area (Å²) in [5.74, 6) is 0. The van der Waals surface area contributed by atoms with Crippen molar-refractivity contribution in [3.8, 4) is 0 Å². The highest BCUT2D eigenvalue weighted by molar-refractivity contribution is 9.10. The molecule has 0 unspecified atom stereocenters. The molecular weight excluding hydrogens is 312 g/mol. The van der Waals surface area contributed by atoms with E-state index in [0.717, 1.165) is 11.0 Å². The van der Waals surface area contributed by atoms with Gasteiger partial charge in [0.25, 0.3) is 0 Å². The van der Waals surface area contributed by atoms with Crippen LogP contribution in [0.2, 0.25) is 0 Å². The van der Waals surface area contributed by atoms with Crippen LogP contribution in [-0.4, -0.2) is 6.04 Å². The Morgan fingerprint density at radius 3 is 2.50 bits per heavy atom. The predicted octanol–water partition coefficient (Wildman–Crippen LogP) is 4.08. The van der Waals surface area contributed by atoms with Crippen LogP contribution in [-0.2, 0) is 13.1 Å². The highest BCUT2D eigenvalue weighted by atomic mass is 79.9. The molecule has 1 saturated carbocycles. The molecule has 1 aliphatic carbocycles. The zero-order valence-electron chi connectivity index (χ0n) is 11.4. The molecule has 104 valence electrons. The van der Waals surface area contributed by atoms with Crippen LogP contribution in [0.15, 0.2) is 53.0 Å². The molecule has 1 fully saturated rings. The van der Waals surface area contributed by atoms with Gasteiger partial charge in [-0.05, 0) is 36.1 Å². The van der Waals surface area contributed by atoms with Crippen molar-refractivity contribution in [2.24, 2.45) is 5.73 Å². The number of nitrogens with two attached hydrogens (primary N) is 1. The summed E-state index contributed by atoms with van der Waals surface area (Å²) in [7, 11) is 0. The highest BCUT2D eigenvalue weighted by Gasteiger charge is 2.30. The van der Waals surface area contributed by atoms with Gasteiger partial charge in [0.05, 0.1) is 0 Å². The second-order valence-electron chi connectivity index (χ2n) is 5.32. The quantitative estimate of drug-likeness (QED) is 0.895. The number of halogens is 1. The van der Waals surface area contributed by atoms with Gasteiger partial charge in [-0.2, -0.15) is 0 Å². The predicted molar refractivity (Wildman–Crippen MR) is 87.7 cm³/mol.